The van der Waals surface area contributed by atoms with Crippen molar-refractivity contribution in [3.63, 3.8) is 0 Å². The van der Waals surface area contributed by atoms with Crippen LogP contribution in [-0.2, 0) is 6.54 Å². The van der Waals surface area contributed by atoms with Gasteiger partial charge in [-0.3, -0.25) is 4.68 Å². The Hall–Kier alpha value is -0.795. The van der Waals surface area contributed by atoms with Gasteiger partial charge in [0.25, 0.3) is 0 Å². The Morgan fingerprint density at radius 2 is 2.30 bits per heavy atom. The van der Waals surface area contributed by atoms with Crippen LogP contribution in [0.25, 0.3) is 0 Å². The second kappa shape index (κ2) is 2.86. The van der Waals surface area contributed by atoms with E-state index in [1.165, 1.54) is 0 Å². The van der Waals surface area contributed by atoms with Crippen LogP contribution >= 0.6 is 0 Å². The van der Waals surface area contributed by atoms with Gasteiger partial charge in [0.2, 0.25) is 0 Å². The molecule has 1 heterocycles. The monoisotopic (exact) mass is 137 g/mol. The van der Waals surface area contributed by atoms with E-state index in [2.05, 4.69) is 17.0 Å². The summed E-state index contributed by atoms with van der Waals surface area (Å²) in [6, 6.07) is 0. The van der Waals surface area contributed by atoms with Crippen molar-refractivity contribution in [3.8, 4) is 0 Å². The molecule has 0 atom stereocenters. The number of hydrogen-bond acceptors (Lipinski definition) is 2. The summed E-state index contributed by atoms with van der Waals surface area (Å²) in [4.78, 5) is 4.18. The zero-order chi connectivity index (χ0) is 7.56. The molecule has 0 saturated heterocycles. The lowest BCUT2D eigenvalue weighted by Crippen LogP contribution is -2.19. The topological polar surface area (TPSA) is 30.7 Å². The van der Waals surface area contributed by atoms with Gasteiger partial charge >= 0.3 is 0 Å². The van der Waals surface area contributed by atoms with Crippen LogP contribution in [0.4, 0.5) is 0 Å². The maximum Gasteiger partial charge on any atom is 0.188 e. The molecular weight excluding hydrogens is 125 g/mol. The Labute approximate surface area is 61.9 Å². The standard InChI is InChI=1S/C6H12BN3/c1-3-4-10-6(7)8-5(2)9-10/h3-4,7H2,1-2H3. The number of aryl methyl sites for hydroxylation is 2. The van der Waals surface area contributed by atoms with Crippen molar-refractivity contribution in [3.05, 3.63) is 5.82 Å². The number of rotatable bonds is 2. The SMILES string of the molecule is Bc1nc(C)nn1CCC. The van der Waals surface area contributed by atoms with Crippen LogP contribution in [-0.4, -0.2) is 22.6 Å². The third-order valence-electron chi connectivity index (χ3n) is 1.40. The molecule has 3 nitrogen and oxygen atoms in total. The zero-order valence-electron chi connectivity index (χ0n) is 6.76. The van der Waals surface area contributed by atoms with Gasteiger partial charge < -0.3 is 0 Å². The molecular formula is C6H12BN3. The highest BCUT2D eigenvalue weighted by molar-refractivity contribution is 6.29. The van der Waals surface area contributed by atoms with E-state index >= 15 is 0 Å². The summed E-state index contributed by atoms with van der Waals surface area (Å²) in [6.07, 6.45) is 1.11. The molecule has 0 bridgehead atoms. The van der Waals surface area contributed by atoms with Gasteiger partial charge in [-0.05, 0) is 13.3 Å². The molecule has 4 heteroatoms. The molecule has 0 aromatic carbocycles. The summed E-state index contributed by atoms with van der Waals surface area (Å²) >= 11 is 0. The molecule has 0 aliphatic heterocycles. The second-order valence-electron chi connectivity index (χ2n) is 2.43. The minimum atomic E-state index is 0.867. The maximum atomic E-state index is 4.21. The predicted molar refractivity (Wildman–Crippen MR) is 43.2 cm³/mol. The highest BCUT2D eigenvalue weighted by Crippen LogP contribution is 1.85. The lowest BCUT2D eigenvalue weighted by molar-refractivity contribution is 0.612. The second-order valence-corrected chi connectivity index (χ2v) is 2.43. The van der Waals surface area contributed by atoms with Crippen LogP contribution < -0.4 is 5.72 Å². The smallest absolute Gasteiger partial charge is 0.188 e. The van der Waals surface area contributed by atoms with Crippen molar-refractivity contribution in [2.75, 3.05) is 0 Å². The fraction of sp³-hybridized carbons (Fsp3) is 0.667. The van der Waals surface area contributed by atoms with E-state index < -0.39 is 0 Å². The van der Waals surface area contributed by atoms with E-state index in [0.717, 1.165) is 24.5 Å². The molecule has 0 aliphatic carbocycles. The van der Waals surface area contributed by atoms with Crippen molar-refractivity contribution in [1.29, 1.82) is 0 Å². The minimum absolute atomic E-state index is 0.867. The van der Waals surface area contributed by atoms with Gasteiger partial charge in [0, 0.05) is 6.54 Å². The van der Waals surface area contributed by atoms with E-state index in [1.54, 1.807) is 0 Å². The Bertz CT molecular complexity index is 219. The number of hydrogen-bond donors (Lipinski definition) is 0. The average molecular weight is 137 g/mol. The third kappa shape index (κ3) is 1.37. The van der Waals surface area contributed by atoms with Gasteiger partial charge in [-0.25, -0.2) is 4.98 Å². The van der Waals surface area contributed by atoms with Crippen molar-refractivity contribution in [1.82, 2.24) is 14.8 Å². The highest BCUT2D eigenvalue weighted by atomic mass is 15.3. The summed E-state index contributed by atoms with van der Waals surface area (Å²) in [5, 5.41) is 4.21. The van der Waals surface area contributed by atoms with Crippen LogP contribution in [0.15, 0.2) is 0 Å². The quantitative estimate of drug-likeness (QED) is 0.502. The van der Waals surface area contributed by atoms with Gasteiger partial charge in [0.05, 0.1) is 5.72 Å². The lowest BCUT2D eigenvalue weighted by atomic mass is 10.1. The number of nitrogens with zero attached hydrogens (tertiary/aromatic N) is 3. The first-order valence-corrected chi connectivity index (χ1v) is 3.62. The first-order chi connectivity index (χ1) is 4.74. The Kier molecular flexibility index (Phi) is 2.09. The Morgan fingerprint density at radius 3 is 2.70 bits per heavy atom. The fourth-order valence-electron chi connectivity index (χ4n) is 0.985. The molecule has 0 spiro atoms. The molecule has 54 valence electrons. The van der Waals surface area contributed by atoms with Crippen molar-refractivity contribution < 1.29 is 0 Å². The zero-order valence-corrected chi connectivity index (χ0v) is 6.76. The van der Waals surface area contributed by atoms with Gasteiger partial charge in [-0.15, -0.1) is 0 Å². The molecule has 0 amide bonds. The van der Waals surface area contributed by atoms with Crippen molar-refractivity contribution >= 4 is 13.6 Å². The van der Waals surface area contributed by atoms with Crippen LogP contribution in [0.1, 0.15) is 19.2 Å². The van der Waals surface area contributed by atoms with Crippen molar-refractivity contribution in [2.45, 2.75) is 26.8 Å². The van der Waals surface area contributed by atoms with E-state index in [-0.39, 0.29) is 0 Å². The first-order valence-electron chi connectivity index (χ1n) is 3.62. The summed E-state index contributed by atoms with van der Waals surface area (Å²) in [5.41, 5.74) is 1.01. The van der Waals surface area contributed by atoms with Crippen LogP contribution in [0, 0.1) is 6.92 Å². The van der Waals surface area contributed by atoms with E-state index in [4.69, 9.17) is 0 Å². The molecule has 1 aromatic rings. The van der Waals surface area contributed by atoms with Crippen LogP contribution in [0.3, 0.4) is 0 Å². The Morgan fingerprint density at radius 1 is 1.60 bits per heavy atom. The minimum Gasteiger partial charge on any atom is -0.260 e. The van der Waals surface area contributed by atoms with E-state index in [9.17, 15) is 0 Å². The summed E-state index contributed by atoms with van der Waals surface area (Å²) in [7, 11) is 1.98. The van der Waals surface area contributed by atoms with Gasteiger partial charge in [0.15, 0.2) is 7.85 Å². The molecule has 1 aromatic heterocycles. The summed E-state index contributed by atoms with van der Waals surface area (Å²) in [6.45, 7) is 5.03. The average Bonchev–Trinajstić information content (AvgIpc) is 2.13. The highest BCUT2D eigenvalue weighted by Gasteiger charge is 1.98. The Balaban J connectivity index is 2.81. The fourth-order valence-corrected chi connectivity index (χ4v) is 0.985. The van der Waals surface area contributed by atoms with Gasteiger partial charge in [0.1, 0.15) is 5.82 Å². The molecule has 0 unspecified atom stereocenters. The van der Waals surface area contributed by atoms with Crippen LogP contribution in [0.2, 0.25) is 0 Å². The summed E-state index contributed by atoms with van der Waals surface area (Å²) in [5.74, 6) is 0.867. The predicted octanol–water partition coefficient (Wildman–Crippen LogP) is -0.745. The third-order valence-corrected chi connectivity index (χ3v) is 1.40. The normalized spacial score (nSPS) is 10.2. The van der Waals surface area contributed by atoms with Crippen molar-refractivity contribution in [2.24, 2.45) is 0 Å². The molecule has 1 rings (SSSR count). The summed E-state index contributed by atoms with van der Waals surface area (Å²) < 4.78 is 1.94. The molecule has 0 radical (unpaired) electrons. The largest absolute Gasteiger partial charge is 0.260 e. The number of aromatic nitrogens is 3. The molecule has 10 heavy (non-hydrogen) atoms. The molecule has 0 aliphatic rings. The van der Waals surface area contributed by atoms with Crippen LogP contribution in [0.5, 0.6) is 0 Å². The maximum absolute atomic E-state index is 4.21. The molecule has 0 N–H and O–H groups in total. The van der Waals surface area contributed by atoms with E-state index in [1.807, 2.05) is 19.5 Å². The molecule has 0 saturated carbocycles. The lowest BCUT2D eigenvalue weighted by Gasteiger charge is -1.97. The van der Waals surface area contributed by atoms with Gasteiger partial charge in [-0.1, -0.05) is 6.92 Å². The molecule has 0 fully saturated rings. The first kappa shape index (κ1) is 7.31. The van der Waals surface area contributed by atoms with Gasteiger partial charge in [-0.2, -0.15) is 5.10 Å². The van der Waals surface area contributed by atoms with E-state index in [0.29, 0.717) is 0 Å².